The average molecular weight is 219 g/mol. The van der Waals surface area contributed by atoms with Gasteiger partial charge in [-0.05, 0) is 38.1 Å². The molecule has 1 N–H and O–H groups in total. The van der Waals surface area contributed by atoms with Crippen molar-refractivity contribution in [3.63, 3.8) is 0 Å². The van der Waals surface area contributed by atoms with Gasteiger partial charge in [0.25, 0.3) is 0 Å². The molecule has 0 saturated carbocycles. The minimum atomic E-state index is 0.0952. The van der Waals surface area contributed by atoms with Gasteiger partial charge in [-0.1, -0.05) is 18.6 Å². The lowest BCUT2D eigenvalue weighted by Crippen LogP contribution is -2.34. The number of carbonyl (C=O) groups excluding carboxylic acids is 1. The summed E-state index contributed by atoms with van der Waals surface area (Å²) >= 11 is 0. The van der Waals surface area contributed by atoms with E-state index in [-0.39, 0.29) is 11.5 Å². The first kappa shape index (κ1) is 11.1. The van der Waals surface area contributed by atoms with E-state index in [2.05, 4.69) is 4.90 Å². The molecule has 86 valence electrons. The quantitative estimate of drug-likeness (QED) is 0.791. The number of nitrogens with zero attached hydrogens (tertiary/aromatic N) is 1. The number of piperidine rings is 1. The second-order valence-electron chi connectivity index (χ2n) is 4.31. The molecule has 1 saturated heterocycles. The highest BCUT2D eigenvalue weighted by Gasteiger charge is 2.15. The Hall–Kier alpha value is -1.35. The van der Waals surface area contributed by atoms with E-state index in [4.69, 9.17) is 0 Å². The number of aromatic hydroxyl groups is 1. The minimum Gasteiger partial charge on any atom is -0.508 e. The molecule has 0 atom stereocenters. The molecule has 2 rings (SSSR count). The van der Waals surface area contributed by atoms with Crippen molar-refractivity contribution in [3.8, 4) is 5.75 Å². The van der Waals surface area contributed by atoms with Gasteiger partial charge in [-0.3, -0.25) is 9.69 Å². The first-order valence-corrected chi connectivity index (χ1v) is 5.80. The zero-order valence-corrected chi connectivity index (χ0v) is 9.35. The Labute approximate surface area is 95.7 Å². The summed E-state index contributed by atoms with van der Waals surface area (Å²) in [5, 5.41) is 9.30. The summed E-state index contributed by atoms with van der Waals surface area (Å²) in [6.07, 6.45) is 3.65. The van der Waals surface area contributed by atoms with Gasteiger partial charge >= 0.3 is 0 Å². The zero-order valence-electron chi connectivity index (χ0n) is 9.35. The molecule has 0 aliphatic carbocycles. The fourth-order valence-corrected chi connectivity index (χ4v) is 2.09. The number of hydrogen-bond donors (Lipinski definition) is 1. The third-order valence-corrected chi connectivity index (χ3v) is 2.98. The fraction of sp³-hybridized carbons (Fsp3) is 0.462. The molecule has 1 aromatic rings. The molecule has 0 spiro atoms. The van der Waals surface area contributed by atoms with E-state index in [0.29, 0.717) is 12.1 Å². The van der Waals surface area contributed by atoms with Gasteiger partial charge in [0, 0.05) is 5.56 Å². The second kappa shape index (κ2) is 5.12. The molecule has 0 bridgehead atoms. The Bertz CT molecular complexity index is 370. The van der Waals surface area contributed by atoms with Crippen molar-refractivity contribution < 1.29 is 9.90 Å². The van der Waals surface area contributed by atoms with E-state index in [1.165, 1.54) is 25.3 Å². The van der Waals surface area contributed by atoms with E-state index >= 15 is 0 Å². The van der Waals surface area contributed by atoms with Crippen molar-refractivity contribution in [1.82, 2.24) is 4.90 Å². The SMILES string of the molecule is O=C(CN1CCCCC1)c1cccc(O)c1. The smallest absolute Gasteiger partial charge is 0.176 e. The predicted octanol–water partition coefficient (Wildman–Crippen LogP) is 2.06. The van der Waals surface area contributed by atoms with Crippen LogP contribution in [0, 0.1) is 0 Å². The second-order valence-corrected chi connectivity index (χ2v) is 4.31. The van der Waals surface area contributed by atoms with Crippen LogP contribution in [0.25, 0.3) is 0 Å². The lowest BCUT2D eigenvalue weighted by atomic mass is 10.1. The van der Waals surface area contributed by atoms with Gasteiger partial charge in [-0.25, -0.2) is 0 Å². The molecular weight excluding hydrogens is 202 g/mol. The van der Waals surface area contributed by atoms with E-state index in [0.717, 1.165) is 13.1 Å². The van der Waals surface area contributed by atoms with Crippen LogP contribution in [0.5, 0.6) is 5.75 Å². The van der Waals surface area contributed by atoms with E-state index in [1.807, 2.05) is 0 Å². The molecule has 0 radical (unpaired) electrons. The molecule has 1 aliphatic heterocycles. The molecule has 1 fully saturated rings. The Morgan fingerprint density at radius 2 is 2.00 bits per heavy atom. The average Bonchev–Trinajstić information content (AvgIpc) is 2.30. The number of Topliss-reactive ketones (excluding diaryl/α,β-unsaturated/α-hetero) is 1. The van der Waals surface area contributed by atoms with E-state index in [9.17, 15) is 9.90 Å². The third kappa shape index (κ3) is 2.83. The van der Waals surface area contributed by atoms with Crippen LogP contribution in [-0.2, 0) is 0 Å². The van der Waals surface area contributed by atoms with Crippen molar-refractivity contribution in [3.05, 3.63) is 29.8 Å². The minimum absolute atomic E-state index is 0.0952. The normalized spacial score (nSPS) is 17.2. The van der Waals surface area contributed by atoms with Gasteiger partial charge in [0.05, 0.1) is 6.54 Å². The van der Waals surface area contributed by atoms with Gasteiger partial charge in [0.15, 0.2) is 5.78 Å². The lowest BCUT2D eigenvalue weighted by molar-refractivity contribution is 0.0915. The van der Waals surface area contributed by atoms with Crippen LogP contribution < -0.4 is 0 Å². The predicted molar refractivity (Wildman–Crippen MR) is 62.7 cm³/mol. The van der Waals surface area contributed by atoms with Crippen molar-refractivity contribution in [2.24, 2.45) is 0 Å². The lowest BCUT2D eigenvalue weighted by Gasteiger charge is -2.25. The van der Waals surface area contributed by atoms with Crippen LogP contribution in [0.1, 0.15) is 29.6 Å². The van der Waals surface area contributed by atoms with Gasteiger partial charge in [0.1, 0.15) is 5.75 Å². The summed E-state index contributed by atoms with van der Waals surface area (Å²) < 4.78 is 0. The number of phenols is 1. The van der Waals surface area contributed by atoms with E-state index < -0.39 is 0 Å². The van der Waals surface area contributed by atoms with Gasteiger partial charge in [-0.15, -0.1) is 0 Å². The van der Waals surface area contributed by atoms with Gasteiger partial charge in [0.2, 0.25) is 0 Å². The number of likely N-dealkylation sites (tertiary alicyclic amines) is 1. The number of hydrogen-bond acceptors (Lipinski definition) is 3. The number of rotatable bonds is 3. The molecule has 1 aliphatic rings. The highest BCUT2D eigenvalue weighted by molar-refractivity contribution is 5.97. The molecule has 1 heterocycles. The molecule has 3 nitrogen and oxygen atoms in total. The van der Waals surface area contributed by atoms with Crippen molar-refractivity contribution in [2.45, 2.75) is 19.3 Å². The maximum Gasteiger partial charge on any atom is 0.176 e. The van der Waals surface area contributed by atoms with Gasteiger partial charge < -0.3 is 5.11 Å². The Balaban J connectivity index is 1.97. The monoisotopic (exact) mass is 219 g/mol. The number of benzene rings is 1. The largest absolute Gasteiger partial charge is 0.508 e. The fourth-order valence-electron chi connectivity index (χ4n) is 2.09. The van der Waals surface area contributed by atoms with Crippen LogP contribution in [0.2, 0.25) is 0 Å². The summed E-state index contributed by atoms with van der Waals surface area (Å²) in [5.41, 5.74) is 0.602. The molecule has 1 aromatic carbocycles. The first-order valence-electron chi connectivity index (χ1n) is 5.80. The number of ketones is 1. The molecule has 16 heavy (non-hydrogen) atoms. The Morgan fingerprint density at radius 3 is 2.69 bits per heavy atom. The summed E-state index contributed by atoms with van der Waals surface area (Å²) in [6, 6.07) is 6.58. The van der Waals surface area contributed by atoms with Crippen molar-refractivity contribution in [1.29, 1.82) is 0 Å². The zero-order chi connectivity index (χ0) is 11.4. The summed E-state index contributed by atoms with van der Waals surface area (Å²) in [7, 11) is 0. The summed E-state index contributed by atoms with van der Waals surface area (Å²) in [6.45, 7) is 2.51. The van der Waals surface area contributed by atoms with Crippen LogP contribution in [0.4, 0.5) is 0 Å². The first-order chi connectivity index (χ1) is 7.75. The number of phenolic OH excluding ortho intramolecular Hbond substituents is 1. The maximum absolute atomic E-state index is 11.9. The maximum atomic E-state index is 11.9. The Kier molecular flexibility index (Phi) is 3.57. The Morgan fingerprint density at radius 1 is 1.25 bits per heavy atom. The molecular formula is C13H17NO2. The van der Waals surface area contributed by atoms with Crippen LogP contribution >= 0.6 is 0 Å². The topological polar surface area (TPSA) is 40.5 Å². The van der Waals surface area contributed by atoms with E-state index in [1.54, 1.807) is 18.2 Å². The highest BCUT2D eigenvalue weighted by Crippen LogP contribution is 2.13. The molecule has 0 aromatic heterocycles. The van der Waals surface area contributed by atoms with Gasteiger partial charge in [-0.2, -0.15) is 0 Å². The van der Waals surface area contributed by atoms with Crippen LogP contribution in [0.15, 0.2) is 24.3 Å². The molecule has 0 unspecified atom stereocenters. The molecule has 0 amide bonds. The molecule has 3 heteroatoms. The number of carbonyl (C=O) groups is 1. The summed E-state index contributed by atoms with van der Waals surface area (Å²) in [5.74, 6) is 0.252. The summed E-state index contributed by atoms with van der Waals surface area (Å²) in [4.78, 5) is 14.1. The third-order valence-electron chi connectivity index (χ3n) is 2.98. The van der Waals surface area contributed by atoms with Crippen molar-refractivity contribution in [2.75, 3.05) is 19.6 Å². The highest BCUT2D eigenvalue weighted by atomic mass is 16.3. The van der Waals surface area contributed by atoms with Crippen LogP contribution in [0.3, 0.4) is 0 Å². The van der Waals surface area contributed by atoms with Crippen molar-refractivity contribution >= 4 is 5.78 Å². The standard InChI is InChI=1S/C13H17NO2/c15-12-6-4-5-11(9-12)13(16)10-14-7-2-1-3-8-14/h4-6,9,15H,1-3,7-8,10H2. The van der Waals surface area contributed by atoms with Crippen LogP contribution in [-0.4, -0.2) is 35.4 Å².